The van der Waals surface area contributed by atoms with Gasteiger partial charge in [-0.3, -0.25) is 18.7 Å². The molecule has 42 heavy (non-hydrogen) atoms. The van der Waals surface area contributed by atoms with Crippen LogP contribution in [0.5, 0.6) is 0 Å². The molecule has 0 bridgehead atoms. The van der Waals surface area contributed by atoms with Gasteiger partial charge in [-0.2, -0.15) is 0 Å². The Hall–Kier alpha value is -4.46. The predicted octanol–water partition coefficient (Wildman–Crippen LogP) is 3.24. The molecule has 6 aromatic heterocycles. The highest BCUT2D eigenvalue weighted by Gasteiger charge is 2.36. The summed E-state index contributed by atoms with van der Waals surface area (Å²) in [6.45, 7) is 2.94. The quantitative estimate of drug-likeness (QED) is 0.308. The van der Waals surface area contributed by atoms with Gasteiger partial charge >= 0.3 is 0 Å². The Bertz CT molecular complexity index is 2040. The van der Waals surface area contributed by atoms with Gasteiger partial charge in [0.05, 0.1) is 16.8 Å². The first-order valence-electron chi connectivity index (χ1n) is 13.4. The van der Waals surface area contributed by atoms with E-state index < -0.39 is 0 Å². The van der Waals surface area contributed by atoms with Crippen molar-refractivity contribution >= 4 is 56.4 Å². The molecule has 2 atom stereocenters. The van der Waals surface area contributed by atoms with Crippen LogP contribution in [-0.4, -0.2) is 67.0 Å². The molecule has 13 heteroatoms. The third-order valence-electron chi connectivity index (χ3n) is 7.82. The number of pyridine rings is 4. The summed E-state index contributed by atoms with van der Waals surface area (Å²) in [5.74, 6) is 1.32. The number of aromatic nitrogens is 6. The molecule has 1 aliphatic rings. The van der Waals surface area contributed by atoms with Gasteiger partial charge in [-0.1, -0.05) is 0 Å². The van der Waals surface area contributed by atoms with Crippen molar-refractivity contribution in [3.05, 3.63) is 91.9 Å². The second kappa shape index (κ2) is 10.4. The minimum atomic E-state index is -0.103. The third-order valence-corrected chi connectivity index (χ3v) is 9.36. The summed E-state index contributed by atoms with van der Waals surface area (Å²) in [5.41, 5.74) is 1.55. The number of hydrogen-bond acceptors (Lipinski definition) is 11. The van der Waals surface area contributed by atoms with Crippen LogP contribution in [0.2, 0.25) is 0 Å². The number of likely N-dealkylation sites (N-methyl/N-ethyl adjacent to an activating group) is 1. The summed E-state index contributed by atoms with van der Waals surface area (Å²) in [4.78, 5) is 48.4. The third kappa shape index (κ3) is 4.37. The molecule has 0 saturated carbocycles. The van der Waals surface area contributed by atoms with Crippen molar-refractivity contribution in [2.45, 2.75) is 13.0 Å². The Morgan fingerprint density at radius 1 is 0.929 bits per heavy atom. The van der Waals surface area contributed by atoms with Crippen LogP contribution in [0.3, 0.4) is 0 Å². The number of aryl methyl sites for hydroxylation is 1. The van der Waals surface area contributed by atoms with Crippen molar-refractivity contribution in [1.29, 1.82) is 0 Å². The van der Waals surface area contributed by atoms with E-state index in [4.69, 9.17) is 9.97 Å². The first-order chi connectivity index (χ1) is 20.4. The van der Waals surface area contributed by atoms with Crippen LogP contribution < -0.4 is 20.7 Å². The fraction of sp³-hybridized carbons (Fsp3) is 0.241. The van der Waals surface area contributed by atoms with Gasteiger partial charge in [-0.05, 0) is 31.2 Å². The summed E-state index contributed by atoms with van der Waals surface area (Å²) in [6.07, 6.45) is 6.93. The first kappa shape index (κ1) is 26.4. The van der Waals surface area contributed by atoms with Gasteiger partial charge in [0.2, 0.25) is 0 Å². The lowest BCUT2D eigenvalue weighted by Crippen LogP contribution is -2.40. The summed E-state index contributed by atoms with van der Waals surface area (Å²) < 4.78 is 3.69. The maximum Gasteiger partial charge on any atom is 0.195 e. The summed E-state index contributed by atoms with van der Waals surface area (Å²) in [7, 11) is 1.95. The largest absolute Gasteiger partial charge is 0.396 e. The second-order valence-corrected chi connectivity index (χ2v) is 12.0. The standard InChI is InChI=1S/C29H26N8O3S2/c1-17-13-37(29-31-9-12-42-29)27-20(25(17)40)4-6-24(33-27)35-14-18(16-38)21(15-35)34(2)23-5-3-19-22(39)7-10-36(26(19)32-23)28-30-8-11-41-28/h3-13,18,21,38H,14-16H2,1-2H3/t18-,21+/m1/s1. The van der Waals surface area contributed by atoms with E-state index in [0.717, 1.165) is 16.1 Å². The van der Waals surface area contributed by atoms with E-state index in [9.17, 15) is 14.7 Å². The van der Waals surface area contributed by atoms with Crippen LogP contribution in [0, 0.1) is 12.8 Å². The molecule has 7 rings (SSSR count). The van der Waals surface area contributed by atoms with E-state index in [-0.39, 0.29) is 29.4 Å². The Balaban J connectivity index is 1.25. The zero-order valence-corrected chi connectivity index (χ0v) is 24.4. The highest BCUT2D eigenvalue weighted by Crippen LogP contribution is 2.30. The van der Waals surface area contributed by atoms with E-state index >= 15 is 0 Å². The van der Waals surface area contributed by atoms with Gasteiger partial charge < -0.3 is 14.9 Å². The molecule has 212 valence electrons. The van der Waals surface area contributed by atoms with Crippen LogP contribution in [0.4, 0.5) is 11.6 Å². The zero-order valence-electron chi connectivity index (χ0n) is 22.8. The summed E-state index contributed by atoms with van der Waals surface area (Å²) in [5, 5.41) is 16.7. The lowest BCUT2D eigenvalue weighted by atomic mass is 10.0. The van der Waals surface area contributed by atoms with Crippen molar-refractivity contribution in [2.75, 3.05) is 36.5 Å². The summed E-state index contributed by atoms with van der Waals surface area (Å²) >= 11 is 2.94. The van der Waals surface area contributed by atoms with E-state index in [1.165, 1.54) is 28.7 Å². The number of aliphatic hydroxyl groups excluding tert-OH is 1. The minimum absolute atomic E-state index is 0.0144. The van der Waals surface area contributed by atoms with Crippen LogP contribution >= 0.6 is 22.7 Å². The fourth-order valence-electron chi connectivity index (χ4n) is 5.61. The molecule has 0 radical (unpaired) electrons. The number of aliphatic hydroxyl groups is 1. The number of thiazole rings is 2. The van der Waals surface area contributed by atoms with Crippen molar-refractivity contribution in [2.24, 2.45) is 5.92 Å². The average Bonchev–Trinajstić information content (AvgIpc) is 3.81. The first-order valence-corrected chi connectivity index (χ1v) is 15.1. The van der Waals surface area contributed by atoms with Crippen molar-refractivity contribution in [3.63, 3.8) is 0 Å². The highest BCUT2D eigenvalue weighted by atomic mass is 32.1. The molecule has 11 nitrogen and oxygen atoms in total. The number of hydrogen-bond donors (Lipinski definition) is 1. The maximum atomic E-state index is 12.9. The molecule has 1 fully saturated rings. The van der Waals surface area contributed by atoms with Gasteiger partial charge in [0.1, 0.15) is 11.6 Å². The SMILES string of the molecule is Cc1cn(-c2nccs2)c2nc(N3C[C@H](CO)[C@@H](N(C)c4ccc5c(=O)ccn(-c6nccs6)c5n4)C3)ccc2c1=O. The van der Waals surface area contributed by atoms with E-state index in [0.29, 0.717) is 46.5 Å². The van der Waals surface area contributed by atoms with E-state index in [2.05, 4.69) is 19.8 Å². The van der Waals surface area contributed by atoms with E-state index in [1.54, 1.807) is 37.8 Å². The van der Waals surface area contributed by atoms with Crippen LogP contribution in [0.15, 0.2) is 75.5 Å². The Labute approximate surface area is 247 Å². The molecular formula is C29H26N8O3S2. The van der Waals surface area contributed by atoms with Crippen molar-refractivity contribution in [1.82, 2.24) is 29.1 Å². The van der Waals surface area contributed by atoms with Gasteiger partial charge in [-0.25, -0.2) is 19.9 Å². The van der Waals surface area contributed by atoms with Crippen LogP contribution in [-0.2, 0) is 0 Å². The van der Waals surface area contributed by atoms with Crippen molar-refractivity contribution in [3.8, 4) is 10.3 Å². The molecule has 1 saturated heterocycles. The monoisotopic (exact) mass is 598 g/mol. The zero-order chi connectivity index (χ0) is 29.0. The molecule has 0 unspecified atom stereocenters. The number of anilines is 2. The second-order valence-electron chi connectivity index (χ2n) is 10.3. The Morgan fingerprint density at radius 3 is 2.36 bits per heavy atom. The molecule has 7 heterocycles. The lowest BCUT2D eigenvalue weighted by Gasteiger charge is -2.29. The van der Waals surface area contributed by atoms with E-state index in [1.807, 2.05) is 45.1 Å². The molecular weight excluding hydrogens is 573 g/mol. The maximum absolute atomic E-state index is 12.9. The van der Waals surface area contributed by atoms with Gasteiger partial charge in [0, 0.05) is 79.8 Å². The van der Waals surface area contributed by atoms with Gasteiger partial charge in [0.15, 0.2) is 32.4 Å². The molecule has 1 N–H and O–H groups in total. The Kier molecular flexibility index (Phi) is 6.56. The normalized spacial score (nSPS) is 17.0. The topological polar surface area (TPSA) is 122 Å². The smallest absolute Gasteiger partial charge is 0.195 e. The van der Waals surface area contributed by atoms with Crippen molar-refractivity contribution < 1.29 is 5.11 Å². The molecule has 0 spiro atoms. The van der Waals surface area contributed by atoms with Crippen LogP contribution in [0.1, 0.15) is 5.56 Å². The molecule has 0 aliphatic carbocycles. The van der Waals surface area contributed by atoms with Gasteiger partial charge in [-0.15, -0.1) is 22.7 Å². The van der Waals surface area contributed by atoms with Crippen LogP contribution in [0.25, 0.3) is 32.3 Å². The summed E-state index contributed by atoms with van der Waals surface area (Å²) in [6, 6.07) is 8.78. The highest BCUT2D eigenvalue weighted by molar-refractivity contribution is 7.12. The molecule has 0 aromatic carbocycles. The Morgan fingerprint density at radius 2 is 1.64 bits per heavy atom. The minimum Gasteiger partial charge on any atom is -0.396 e. The number of fused-ring (bicyclic) bond motifs is 2. The average molecular weight is 599 g/mol. The number of nitrogens with zero attached hydrogens (tertiary/aromatic N) is 8. The molecule has 6 aromatic rings. The van der Waals surface area contributed by atoms with Gasteiger partial charge in [0.25, 0.3) is 0 Å². The molecule has 1 aliphatic heterocycles. The lowest BCUT2D eigenvalue weighted by molar-refractivity contribution is 0.226. The fourth-order valence-corrected chi connectivity index (χ4v) is 6.86. The number of rotatable bonds is 6. The predicted molar refractivity (Wildman–Crippen MR) is 166 cm³/mol. The molecule has 0 amide bonds.